The van der Waals surface area contributed by atoms with E-state index in [4.69, 9.17) is 14.2 Å². The third-order valence-electron chi connectivity index (χ3n) is 3.53. The molecule has 1 heterocycles. The number of methoxy groups -OCH3 is 2. The Hall–Kier alpha value is -3.13. The highest BCUT2D eigenvalue weighted by Gasteiger charge is 2.18. The summed E-state index contributed by atoms with van der Waals surface area (Å²) in [5, 5.41) is 10.6. The molecule has 0 radical (unpaired) electrons. The van der Waals surface area contributed by atoms with Gasteiger partial charge in [-0.15, -0.1) is 10.2 Å². The minimum Gasteiger partial charge on any atom is -0.493 e. The van der Waals surface area contributed by atoms with Gasteiger partial charge in [0.05, 0.1) is 14.2 Å². The Labute approximate surface area is 154 Å². The second kappa shape index (κ2) is 8.30. The third-order valence-corrected chi connectivity index (χ3v) is 4.14. The average molecular weight is 371 g/mol. The zero-order valence-corrected chi connectivity index (χ0v) is 15.1. The van der Waals surface area contributed by atoms with Gasteiger partial charge >= 0.3 is 0 Å². The molecular weight excluding hydrogens is 354 g/mol. The van der Waals surface area contributed by atoms with Gasteiger partial charge in [-0.3, -0.25) is 10.1 Å². The number of nitrogens with zero attached hydrogens (tertiary/aromatic N) is 2. The van der Waals surface area contributed by atoms with E-state index in [9.17, 15) is 4.79 Å². The summed E-state index contributed by atoms with van der Waals surface area (Å²) < 4.78 is 16.7. The summed E-state index contributed by atoms with van der Waals surface area (Å²) in [6, 6.07) is 12.9. The van der Waals surface area contributed by atoms with Crippen LogP contribution in [0, 0.1) is 0 Å². The summed E-state index contributed by atoms with van der Waals surface area (Å²) in [5.74, 6) is 0.907. The largest absolute Gasteiger partial charge is 0.493 e. The van der Waals surface area contributed by atoms with Crippen LogP contribution in [0.2, 0.25) is 0 Å². The van der Waals surface area contributed by atoms with Crippen molar-refractivity contribution in [2.45, 2.75) is 6.61 Å². The molecule has 0 atom stereocenters. The predicted octanol–water partition coefficient (Wildman–Crippen LogP) is 3.39. The second-order valence-electron chi connectivity index (χ2n) is 5.18. The highest BCUT2D eigenvalue weighted by Crippen LogP contribution is 2.39. The van der Waals surface area contributed by atoms with Crippen molar-refractivity contribution in [2.24, 2.45) is 0 Å². The van der Waals surface area contributed by atoms with Crippen LogP contribution in [-0.4, -0.2) is 30.3 Å². The van der Waals surface area contributed by atoms with E-state index >= 15 is 0 Å². The third kappa shape index (κ3) is 4.09. The first-order valence-electron chi connectivity index (χ1n) is 7.71. The van der Waals surface area contributed by atoms with Crippen molar-refractivity contribution in [1.82, 2.24) is 10.2 Å². The molecule has 2 aromatic carbocycles. The van der Waals surface area contributed by atoms with Crippen molar-refractivity contribution in [3.63, 3.8) is 0 Å². The first-order valence-corrected chi connectivity index (χ1v) is 8.59. The van der Waals surface area contributed by atoms with Crippen LogP contribution in [0.3, 0.4) is 0 Å². The molecule has 3 aromatic rings. The van der Waals surface area contributed by atoms with Crippen molar-refractivity contribution in [2.75, 3.05) is 19.5 Å². The fraction of sp³-hybridized carbons (Fsp3) is 0.167. The zero-order valence-electron chi connectivity index (χ0n) is 14.3. The summed E-state index contributed by atoms with van der Waals surface area (Å²) in [4.78, 5) is 12.4. The fourth-order valence-corrected chi connectivity index (χ4v) is 2.72. The number of nitrogens with one attached hydrogen (secondary N) is 1. The van der Waals surface area contributed by atoms with Gasteiger partial charge in [0.25, 0.3) is 5.91 Å². The van der Waals surface area contributed by atoms with Gasteiger partial charge in [-0.05, 0) is 17.7 Å². The van der Waals surface area contributed by atoms with Crippen molar-refractivity contribution in [3.05, 3.63) is 59.1 Å². The molecular formula is C18H17N3O4S. The summed E-state index contributed by atoms with van der Waals surface area (Å²) in [7, 11) is 3.02. The van der Waals surface area contributed by atoms with E-state index in [2.05, 4.69) is 15.5 Å². The van der Waals surface area contributed by atoms with E-state index < -0.39 is 0 Å². The van der Waals surface area contributed by atoms with E-state index in [1.807, 2.05) is 30.3 Å². The fourth-order valence-electron chi connectivity index (χ4n) is 2.28. The monoisotopic (exact) mass is 371 g/mol. The Morgan fingerprint density at radius 3 is 2.38 bits per heavy atom. The maximum absolute atomic E-state index is 12.4. The number of benzene rings is 2. The molecule has 0 bridgehead atoms. The van der Waals surface area contributed by atoms with E-state index in [1.54, 1.807) is 12.1 Å². The van der Waals surface area contributed by atoms with Crippen LogP contribution in [0.4, 0.5) is 5.13 Å². The van der Waals surface area contributed by atoms with E-state index in [0.717, 1.165) is 5.56 Å². The van der Waals surface area contributed by atoms with Crippen LogP contribution >= 0.6 is 11.3 Å². The van der Waals surface area contributed by atoms with Gasteiger partial charge in [0.1, 0.15) is 12.1 Å². The lowest BCUT2D eigenvalue weighted by Gasteiger charge is -2.16. The van der Waals surface area contributed by atoms with Crippen molar-refractivity contribution >= 4 is 22.4 Å². The number of carbonyl (C=O) groups is 1. The van der Waals surface area contributed by atoms with Crippen LogP contribution in [0.15, 0.2) is 48.0 Å². The maximum Gasteiger partial charge on any atom is 0.257 e. The number of hydrogen-bond donors (Lipinski definition) is 1. The molecule has 1 aromatic heterocycles. The van der Waals surface area contributed by atoms with E-state index in [1.165, 1.54) is 31.1 Å². The van der Waals surface area contributed by atoms with Crippen LogP contribution in [0.5, 0.6) is 17.2 Å². The van der Waals surface area contributed by atoms with Crippen molar-refractivity contribution in [1.29, 1.82) is 0 Å². The maximum atomic E-state index is 12.4. The molecule has 7 nitrogen and oxygen atoms in total. The zero-order chi connectivity index (χ0) is 18.4. The molecule has 134 valence electrons. The molecule has 26 heavy (non-hydrogen) atoms. The van der Waals surface area contributed by atoms with Crippen LogP contribution < -0.4 is 19.5 Å². The van der Waals surface area contributed by atoms with Gasteiger partial charge in [0.2, 0.25) is 10.9 Å². The molecule has 0 aliphatic rings. The van der Waals surface area contributed by atoms with Crippen LogP contribution in [-0.2, 0) is 6.61 Å². The van der Waals surface area contributed by atoms with Gasteiger partial charge in [-0.25, -0.2) is 0 Å². The topological polar surface area (TPSA) is 82.6 Å². The quantitative estimate of drug-likeness (QED) is 0.685. The number of anilines is 1. The second-order valence-corrected chi connectivity index (χ2v) is 6.02. The van der Waals surface area contributed by atoms with Gasteiger partial charge in [-0.2, -0.15) is 0 Å². The SMILES string of the molecule is COc1cc(C(=O)Nc2nncs2)cc(OC)c1OCc1ccccc1. The molecule has 1 N–H and O–H groups in total. The minimum atomic E-state index is -0.340. The van der Waals surface area contributed by atoms with Gasteiger partial charge in [0, 0.05) is 5.56 Å². The van der Waals surface area contributed by atoms with Crippen LogP contribution in [0.1, 0.15) is 15.9 Å². The van der Waals surface area contributed by atoms with Crippen molar-refractivity contribution < 1.29 is 19.0 Å². The average Bonchev–Trinajstić information content (AvgIpc) is 3.19. The molecule has 8 heteroatoms. The Bertz CT molecular complexity index is 844. The first kappa shape index (κ1) is 17.7. The summed E-state index contributed by atoms with van der Waals surface area (Å²) in [5.41, 5.74) is 2.91. The molecule has 0 saturated heterocycles. The van der Waals surface area contributed by atoms with Crippen LogP contribution in [0.25, 0.3) is 0 Å². The summed E-state index contributed by atoms with van der Waals surface area (Å²) >= 11 is 1.23. The van der Waals surface area contributed by atoms with Crippen molar-refractivity contribution in [3.8, 4) is 17.2 Å². The summed E-state index contributed by atoms with van der Waals surface area (Å²) in [6.45, 7) is 0.351. The Kier molecular flexibility index (Phi) is 5.65. The molecule has 0 unspecified atom stereocenters. The summed E-state index contributed by atoms with van der Waals surface area (Å²) in [6.07, 6.45) is 0. The smallest absolute Gasteiger partial charge is 0.257 e. The van der Waals surface area contributed by atoms with Gasteiger partial charge in [0.15, 0.2) is 11.5 Å². The molecule has 0 saturated carbocycles. The van der Waals surface area contributed by atoms with Gasteiger partial charge < -0.3 is 14.2 Å². The van der Waals surface area contributed by atoms with E-state index in [0.29, 0.717) is 34.6 Å². The molecule has 0 spiro atoms. The highest BCUT2D eigenvalue weighted by molar-refractivity contribution is 7.13. The lowest BCUT2D eigenvalue weighted by Crippen LogP contribution is -2.12. The highest BCUT2D eigenvalue weighted by atomic mass is 32.1. The van der Waals surface area contributed by atoms with E-state index in [-0.39, 0.29) is 5.91 Å². The molecule has 0 fully saturated rings. The molecule has 3 rings (SSSR count). The first-order chi connectivity index (χ1) is 12.7. The Morgan fingerprint density at radius 1 is 1.12 bits per heavy atom. The minimum absolute atomic E-state index is 0.340. The lowest BCUT2D eigenvalue weighted by molar-refractivity contribution is 0.102. The number of amides is 1. The predicted molar refractivity (Wildman–Crippen MR) is 98.2 cm³/mol. The number of rotatable bonds is 7. The Morgan fingerprint density at radius 2 is 1.81 bits per heavy atom. The Balaban J connectivity index is 1.84. The normalized spacial score (nSPS) is 10.2. The number of hydrogen-bond acceptors (Lipinski definition) is 7. The number of ether oxygens (including phenoxy) is 3. The lowest BCUT2D eigenvalue weighted by atomic mass is 10.1. The number of aromatic nitrogens is 2. The number of carbonyl (C=O) groups excluding carboxylic acids is 1. The van der Waals surface area contributed by atoms with Gasteiger partial charge in [-0.1, -0.05) is 41.7 Å². The standard InChI is InChI=1S/C18H17N3O4S/c1-23-14-8-13(17(22)20-18-21-19-11-26-18)9-15(24-2)16(14)25-10-12-6-4-3-5-7-12/h3-9,11H,10H2,1-2H3,(H,20,21,22). The molecule has 0 aliphatic heterocycles. The molecule has 0 aliphatic carbocycles. The molecule has 1 amide bonds.